The summed E-state index contributed by atoms with van der Waals surface area (Å²) in [4.78, 5) is 6.60. The molecule has 2 atom stereocenters. The van der Waals surface area contributed by atoms with E-state index in [2.05, 4.69) is 29.8 Å². The standard InChI is InChI=1S/C12H17ClN2/c1-9-4-3-5-10(2)15(9)11-6-7-12(13)14-8-11/h6-10H,3-5H2,1-2H3. The molecular weight excluding hydrogens is 208 g/mol. The second kappa shape index (κ2) is 4.40. The Labute approximate surface area is 96.3 Å². The normalized spacial score (nSPS) is 26.7. The lowest BCUT2D eigenvalue weighted by molar-refractivity contribution is 0.414. The number of anilines is 1. The van der Waals surface area contributed by atoms with Gasteiger partial charge in [0.1, 0.15) is 5.15 Å². The predicted molar refractivity (Wildman–Crippen MR) is 64.5 cm³/mol. The van der Waals surface area contributed by atoms with E-state index in [1.807, 2.05) is 12.3 Å². The summed E-state index contributed by atoms with van der Waals surface area (Å²) in [6.07, 6.45) is 5.75. The molecule has 0 amide bonds. The fraction of sp³-hybridized carbons (Fsp3) is 0.583. The molecular formula is C12H17ClN2. The van der Waals surface area contributed by atoms with Crippen LogP contribution in [0.4, 0.5) is 5.69 Å². The van der Waals surface area contributed by atoms with Crippen molar-refractivity contribution >= 4 is 17.3 Å². The molecule has 82 valence electrons. The summed E-state index contributed by atoms with van der Waals surface area (Å²) in [7, 11) is 0. The van der Waals surface area contributed by atoms with Crippen molar-refractivity contribution < 1.29 is 0 Å². The minimum Gasteiger partial charge on any atom is -0.365 e. The smallest absolute Gasteiger partial charge is 0.129 e. The van der Waals surface area contributed by atoms with Crippen molar-refractivity contribution in [2.45, 2.75) is 45.2 Å². The van der Waals surface area contributed by atoms with Crippen LogP contribution >= 0.6 is 11.6 Å². The van der Waals surface area contributed by atoms with Gasteiger partial charge in [-0.2, -0.15) is 0 Å². The third-order valence-corrected chi connectivity index (χ3v) is 3.43. The van der Waals surface area contributed by atoms with Gasteiger partial charge in [0.25, 0.3) is 0 Å². The summed E-state index contributed by atoms with van der Waals surface area (Å²) in [5.41, 5.74) is 1.19. The van der Waals surface area contributed by atoms with Gasteiger partial charge in [-0.05, 0) is 45.2 Å². The largest absolute Gasteiger partial charge is 0.365 e. The molecule has 2 heterocycles. The van der Waals surface area contributed by atoms with E-state index in [0.717, 1.165) is 0 Å². The van der Waals surface area contributed by atoms with Gasteiger partial charge in [0.15, 0.2) is 0 Å². The first-order valence-electron chi connectivity index (χ1n) is 5.58. The van der Waals surface area contributed by atoms with Crippen LogP contribution < -0.4 is 4.90 Å². The third-order valence-electron chi connectivity index (χ3n) is 3.20. The van der Waals surface area contributed by atoms with Crippen LogP contribution in [-0.4, -0.2) is 17.1 Å². The summed E-state index contributed by atoms with van der Waals surface area (Å²) in [6, 6.07) is 5.15. The molecule has 0 N–H and O–H groups in total. The van der Waals surface area contributed by atoms with E-state index in [0.29, 0.717) is 17.2 Å². The first-order chi connectivity index (χ1) is 7.18. The Morgan fingerprint density at radius 3 is 2.47 bits per heavy atom. The molecule has 0 aliphatic carbocycles. The van der Waals surface area contributed by atoms with Crippen LogP contribution in [0.15, 0.2) is 18.3 Å². The molecule has 1 fully saturated rings. The van der Waals surface area contributed by atoms with Crippen LogP contribution in [0, 0.1) is 0 Å². The zero-order valence-electron chi connectivity index (χ0n) is 9.28. The molecule has 1 aliphatic rings. The fourth-order valence-electron chi connectivity index (χ4n) is 2.45. The van der Waals surface area contributed by atoms with Crippen molar-refractivity contribution in [1.29, 1.82) is 0 Å². The van der Waals surface area contributed by atoms with Crippen molar-refractivity contribution in [2.24, 2.45) is 0 Å². The molecule has 3 heteroatoms. The summed E-state index contributed by atoms with van der Waals surface area (Å²) in [5, 5.41) is 0.566. The predicted octanol–water partition coefficient (Wildman–Crippen LogP) is 3.50. The Morgan fingerprint density at radius 2 is 1.93 bits per heavy atom. The van der Waals surface area contributed by atoms with Gasteiger partial charge >= 0.3 is 0 Å². The zero-order valence-corrected chi connectivity index (χ0v) is 10.0. The van der Waals surface area contributed by atoms with Crippen molar-refractivity contribution in [3.63, 3.8) is 0 Å². The molecule has 0 bridgehead atoms. The second-order valence-electron chi connectivity index (χ2n) is 4.38. The van der Waals surface area contributed by atoms with Crippen LogP contribution in [0.3, 0.4) is 0 Å². The van der Waals surface area contributed by atoms with Gasteiger partial charge in [-0.25, -0.2) is 4.98 Å². The first-order valence-corrected chi connectivity index (χ1v) is 5.96. The maximum Gasteiger partial charge on any atom is 0.129 e. The number of pyridine rings is 1. The Kier molecular flexibility index (Phi) is 3.15. The number of piperidine rings is 1. The maximum atomic E-state index is 5.79. The fourth-order valence-corrected chi connectivity index (χ4v) is 2.56. The van der Waals surface area contributed by atoms with Crippen LogP contribution in [-0.2, 0) is 0 Å². The Hall–Kier alpha value is -0.760. The van der Waals surface area contributed by atoms with Gasteiger partial charge in [-0.15, -0.1) is 0 Å². The maximum absolute atomic E-state index is 5.79. The third kappa shape index (κ3) is 2.25. The van der Waals surface area contributed by atoms with E-state index in [4.69, 9.17) is 11.6 Å². The quantitative estimate of drug-likeness (QED) is 0.679. The summed E-state index contributed by atoms with van der Waals surface area (Å²) in [5.74, 6) is 0. The number of hydrogen-bond acceptors (Lipinski definition) is 2. The van der Waals surface area contributed by atoms with E-state index in [-0.39, 0.29) is 0 Å². The molecule has 15 heavy (non-hydrogen) atoms. The van der Waals surface area contributed by atoms with Gasteiger partial charge < -0.3 is 4.90 Å². The number of hydrogen-bond donors (Lipinski definition) is 0. The highest BCUT2D eigenvalue weighted by Gasteiger charge is 2.24. The molecule has 0 radical (unpaired) electrons. The van der Waals surface area contributed by atoms with Gasteiger partial charge in [0.05, 0.1) is 11.9 Å². The molecule has 0 aromatic carbocycles. The molecule has 1 aliphatic heterocycles. The number of aromatic nitrogens is 1. The Morgan fingerprint density at radius 1 is 1.27 bits per heavy atom. The van der Waals surface area contributed by atoms with Gasteiger partial charge in [0.2, 0.25) is 0 Å². The van der Waals surface area contributed by atoms with Crippen LogP contribution in [0.25, 0.3) is 0 Å². The minimum atomic E-state index is 0.566. The topological polar surface area (TPSA) is 16.1 Å². The SMILES string of the molecule is CC1CCCC(C)N1c1ccc(Cl)nc1. The van der Waals surface area contributed by atoms with Gasteiger partial charge in [-0.3, -0.25) is 0 Å². The molecule has 1 saturated heterocycles. The minimum absolute atomic E-state index is 0.566. The molecule has 0 spiro atoms. The summed E-state index contributed by atoms with van der Waals surface area (Å²) < 4.78 is 0. The monoisotopic (exact) mass is 224 g/mol. The average molecular weight is 225 g/mol. The van der Waals surface area contributed by atoms with E-state index in [1.165, 1.54) is 24.9 Å². The molecule has 2 unspecified atom stereocenters. The lowest BCUT2D eigenvalue weighted by Gasteiger charge is -2.40. The van der Waals surface area contributed by atoms with Crippen LogP contribution in [0.5, 0.6) is 0 Å². The van der Waals surface area contributed by atoms with Gasteiger partial charge in [0, 0.05) is 12.1 Å². The highest BCUT2D eigenvalue weighted by atomic mass is 35.5. The molecule has 2 rings (SSSR count). The van der Waals surface area contributed by atoms with E-state index in [1.54, 1.807) is 0 Å². The van der Waals surface area contributed by atoms with E-state index < -0.39 is 0 Å². The van der Waals surface area contributed by atoms with Crippen molar-refractivity contribution in [1.82, 2.24) is 4.98 Å². The average Bonchev–Trinajstić information content (AvgIpc) is 2.20. The second-order valence-corrected chi connectivity index (χ2v) is 4.76. The van der Waals surface area contributed by atoms with Crippen molar-refractivity contribution in [2.75, 3.05) is 4.90 Å². The van der Waals surface area contributed by atoms with E-state index in [9.17, 15) is 0 Å². The molecule has 1 aromatic heterocycles. The molecule has 2 nitrogen and oxygen atoms in total. The number of nitrogens with zero attached hydrogens (tertiary/aromatic N) is 2. The van der Waals surface area contributed by atoms with Gasteiger partial charge in [-0.1, -0.05) is 11.6 Å². The number of rotatable bonds is 1. The molecule has 0 saturated carbocycles. The number of halogens is 1. The zero-order chi connectivity index (χ0) is 10.8. The van der Waals surface area contributed by atoms with Crippen LogP contribution in [0.1, 0.15) is 33.1 Å². The lowest BCUT2D eigenvalue weighted by Crippen LogP contribution is -2.43. The van der Waals surface area contributed by atoms with E-state index >= 15 is 0 Å². The van der Waals surface area contributed by atoms with Crippen LogP contribution in [0.2, 0.25) is 5.15 Å². The highest BCUT2D eigenvalue weighted by Crippen LogP contribution is 2.28. The summed E-state index contributed by atoms with van der Waals surface area (Å²) in [6.45, 7) is 4.56. The Balaban J connectivity index is 2.23. The van der Waals surface area contributed by atoms with Crippen molar-refractivity contribution in [3.8, 4) is 0 Å². The highest BCUT2D eigenvalue weighted by molar-refractivity contribution is 6.29. The Bertz CT molecular complexity index is 313. The molecule has 1 aromatic rings. The van der Waals surface area contributed by atoms with Crippen molar-refractivity contribution in [3.05, 3.63) is 23.5 Å². The first kappa shape index (κ1) is 10.7. The lowest BCUT2D eigenvalue weighted by atomic mass is 9.97. The summed E-state index contributed by atoms with van der Waals surface area (Å²) >= 11 is 5.79.